The van der Waals surface area contributed by atoms with Gasteiger partial charge in [-0.3, -0.25) is 4.79 Å². The van der Waals surface area contributed by atoms with Crippen molar-refractivity contribution in [2.24, 2.45) is 0 Å². The highest BCUT2D eigenvalue weighted by Gasteiger charge is 2.50. The molecular weight excluding hydrogens is 1840 g/mol. The minimum absolute atomic E-state index is 0.0469. The number of piperidine rings is 4. The molecule has 0 amide bonds. The molecule has 4 N–H and O–H groups in total. The monoisotopic (exact) mass is 1970 g/mol. The number of nitrogens with zero attached hydrogens (tertiary/aromatic N) is 16. The zero-order chi connectivity index (χ0) is 97.5. The summed E-state index contributed by atoms with van der Waals surface area (Å²) in [4.78, 5) is 65.9. The summed E-state index contributed by atoms with van der Waals surface area (Å²) in [6, 6.07) is 50.6. The van der Waals surface area contributed by atoms with Gasteiger partial charge in [-0.1, -0.05) is 114 Å². The molecule has 12 aromatic rings. The number of β-amino-alcohol motifs (C(OH)–C–C–N with tert-alkyl or cyclic N) is 2. The second-order valence-corrected chi connectivity index (χ2v) is 41.1. The highest BCUT2D eigenvalue weighted by atomic mass is 35.5. The highest BCUT2D eigenvalue weighted by molar-refractivity contribution is 6.37. The minimum Gasteiger partial charge on any atom is -0.496 e. The summed E-state index contributed by atoms with van der Waals surface area (Å²) in [6.45, 7) is 11.8. The Morgan fingerprint density at radius 1 is 0.393 bits per heavy atom. The van der Waals surface area contributed by atoms with Gasteiger partial charge in [-0.05, 0) is 266 Å². The van der Waals surface area contributed by atoms with Gasteiger partial charge in [0, 0.05) is 143 Å². The molecule has 0 bridgehead atoms. The van der Waals surface area contributed by atoms with E-state index in [1.165, 1.54) is 27.8 Å². The molecule has 24 nitrogen and oxygen atoms in total. The molecule has 0 unspecified atom stereocenters. The van der Waals surface area contributed by atoms with Crippen LogP contribution in [0.15, 0.2) is 152 Å². The summed E-state index contributed by atoms with van der Waals surface area (Å²) < 4.78 is 78.3. The number of hydrogen-bond acceptors (Lipinski definition) is 23. The van der Waals surface area contributed by atoms with E-state index in [9.17, 15) is 29.6 Å². The van der Waals surface area contributed by atoms with Gasteiger partial charge in [0.2, 0.25) is 0 Å². The van der Waals surface area contributed by atoms with Crippen LogP contribution in [0.5, 0.6) is 17.2 Å². The summed E-state index contributed by atoms with van der Waals surface area (Å²) in [5.74, 6) is 7.63. The van der Waals surface area contributed by atoms with Crippen molar-refractivity contribution < 1.29 is 57.0 Å². The molecule has 10 fully saturated rings. The standard InChI is InChI=1S/2C28H32ClFN4O2.C27H32ClFN4O.C26H29FN4O3/c2*1-36-24-6-3-2-5-21(24)18-7-12-33(13-8-18)26-22-15-19(34-14-9-20(35)17-34)16-23(29)25(22)31-27(32-26)28(30)10-4-11-28;1-18-6-3-4-7-21(18)19-8-12-33(13-9-19)25-22-16-20(32(2)14-15-34)17-23(28)24(22)30-26(31-25)27(29)10-5-11-27;1-30(16-23(32)33)18-7-8-21-20(15-18)24(29-25(28-21)26(27)11-12-26)31-13-9-17(10-14-31)19-5-3-4-6-22(19)34-2/h2*2-3,5-6,15-16,18,20,35H,4,7-14,17H2,1H3;3-4,6-7,16-17,19,34H,5,8-15H2,1-2H3;3-8,15,17H,9-14,16H2,1-2H3,(H,32,33)/t2*20-;;/m10../s1. The van der Waals surface area contributed by atoms with Gasteiger partial charge in [0.1, 0.15) is 47.1 Å². The van der Waals surface area contributed by atoms with Gasteiger partial charge in [-0.15, -0.1) is 0 Å². The molecule has 10 heterocycles. The van der Waals surface area contributed by atoms with Crippen molar-refractivity contribution in [1.82, 2.24) is 39.9 Å². The number of anilines is 8. The number of aliphatic hydroxyl groups excluding tert-OH is 3. The number of aryl methyl sites for hydroxylation is 1. The van der Waals surface area contributed by atoms with Crippen molar-refractivity contribution >= 4 is 130 Å². The zero-order valence-electron chi connectivity index (χ0n) is 80.6. The third-order valence-electron chi connectivity index (χ3n) is 30.8. The Balaban J connectivity index is 0.000000119. The summed E-state index contributed by atoms with van der Waals surface area (Å²) in [7, 11) is 8.80. The summed E-state index contributed by atoms with van der Waals surface area (Å²) >= 11 is 20.2. The first kappa shape index (κ1) is 97.7. The van der Waals surface area contributed by atoms with E-state index in [0.29, 0.717) is 132 Å². The van der Waals surface area contributed by atoms with Gasteiger partial charge in [0.25, 0.3) is 0 Å². The number of rotatable bonds is 23. The maximum atomic E-state index is 15.5. The molecule has 6 aliphatic heterocycles. The van der Waals surface area contributed by atoms with E-state index >= 15 is 13.2 Å². The number of aliphatic carboxylic acids is 1. The first-order valence-electron chi connectivity index (χ1n) is 49.9. The quantitative estimate of drug-likeness (QED) is 0.0434. The minimum atomic E-state index is -1.47. The number of aromatic nitrogens is 8. The second kappa shape index (κ2) is 41.4. The van der Waals surface area contributed by atoms with Crippen molar-refractivity contribution in [1.29, 1.82) is 0 Å². The van der Waals surface area contributed by atoms with E-state index in [4.69, 9.17) is 68.9 Å². The number of carbonyl (C=O) groups is 1. The maximum Gasteiger partial charge on any atom is 0.323 e. The van der Waals surface area contributed by atoms with Gasteiger partial charge in [-0.2, -0.15) is 0 Å². The lowest BCUT2D eigenvalue weighted by Gasteiger charge is -2.36. The van der Waals surface area contributed by atoms with Crippen molar-refractivity contribution in [2.75, 3.05) is 173 Å². The number of ether oxygens (including phenoxy) is 3. The summed E-state index contributed by atoms with van der Waals surface area (Å²) in [5.41, 5.74) is 6.66. The van der Waals surface area contributed by atoms with Crippen molar-refractivity contribution in [3.8, 4) is 17.2 Å². The fraction of sp³-hybridized carbons (Fsp3) is 0.477. The fourth-order valence-corrected chi connectivity index (χ4v) is 22.6. The predicted octanol–water partition coefficient (Wildman–Crippen LogP) is 21.4. The molecule has 10 aliphatic rings. The molecule has 8 aromatic carbocycles. The lowest BCUT2D eigenvalue weighted by atomic mass is 9.81. The van der Waals surface area contributed by atoms with Crippen LogP contribution in [0, 0.1) is 6.92 Å². The number of aliphatic hydroxyl groups is 3. The second-order valence-electron chi connectivity index (χ2n) is 39.9. The van der Waals surface area contributed by atoms with Crippen LogP contribution in [-0.4, -0.2) is 212 Å². The van der Waals surface area contributed by atoms with Crippen LogP contribution >= 0.6 is 34.8 Å². The number of fused-ring (bicyclic) bond motifs is 4. The van der Waals surface area contributed by atoms with Gasteiger partial charge >= 0.3 is 5.97 Å². The lowest BCUT2D eigenvalue weighted by Crippen LogP contribution is -2.36. The third-order valence-corrected chi connectivity index (χ3v) is 31.7. The number of benzene rings is 8. The molecule has 4 saturated carbocycles. The molecule has 22 rings (SSSR count). The van der Waals surface area contributed by atoms with Crippen molar-refractivity contribution in [3.05, 3.63) is 218 Å². The lowest BCUT2D eigenvalue weighted by molar-refractivity contribution is -0.135. The maximum absolute atomic E-state index is 15.5. The van der Waals surface area contributed by atoms with Crippen molar-refractivity contribution in [3.63, 3.8) is 0 Å². The average molecular weight is 1970 g/mol. The molecule has 2 atom stereocenters. The van der Waals surface area contributed by atoms with Crippen LogP contribution in [0.25, 0.3) is 43.6 Å². The number of alkyl halides is 4. The largest absolute Gasteiger partial charge is 0.496 e. The SMILES string of the molecule is COc1ccccc1C1CCN(c2nc(C3(F)CC3)nc3ccc(N(C)CC(=O)O)cc23)CC1.COc1ccccc1C1CCN(c2nc(C3(F)CCC3)nc3c(Cl)cc(N4CC[C@@H](O)C4)cc23)CC1.COc1ccccc1C1CCN(c2nc(C3(F)CCC3)nc3c(Cl)cc(N4CC[C@H](O)C4)cc23)CC1.Cc1ccccc1C1CCN(c2nc(C3(F)CCC3)nc3c(Cl)cc(N(C)CCO)cc23)CC1. The Bertz CT molecular complexity index is 6310. The Hall–Kier alpha value is -11.1. The van der Waals surface area contributed by atoms with Crippen LogP contribution in [0.2, 0.25) is 15.1 Å². The molecule has 0 spiro atoms. The topological polar surface area (TPSA) is 255 Å². The Morgan fingerprint density at radius 3 is 1.06 bits per heavy atom. The number of likely N-dealkylation sites (N-methyl/N-ethyl adjacent to an activating group) is 2. The molecule has 0 radical (unpaired) electrons. The predicted molar refractivity (Wildman–Crippen MR) is 549 cm³/mol. The molecule has 4 aromatic heterocycles. The van der Waals surface area contributed by atoms with E-state index in [0.717, 1.165) is 234 Å². The Labute approximate surface area is 830 Å². The van der Waals surface area contributed by atoms with Gasteiger partial charge in [-0.25, -0.2) is 57.4 Å². The third kappa shape index (κ3) is 20.4. The van der Waals surface area contributed by atoms with Crippen molar-refractivity contribution in [2.45, 2.75) is 200 Å². The van der Waals surface area contributed by atoms with Crippen LogP contribution in [0.3, 0.4) is 0 Å². The molecular formula is C109H125Cl3F4N16O8. The average Bonchev–Trinajstić information content (AvgIpc) is 0.833. The van der Waals surface area contributed by atoms with E-state index in [1.807, 2.05) is 96.9 Å². The number of methoxy groups -OCH3 is 3. The van der Waals surface area contributed by atoms with E-state index < -0.39 is 28.6 Å². The van der Waals surface area contributed by atoms with Crippen LogP contribution < -0.4 is 53.4 Å². The highest BCUT2D eigenvalue weighted by Crippen LogP contribution is 2.53. The van der Waals surface area contributed by atoms with Crippen LogP contribution in [0.4, 0.5) is 63.6 Å². The molecule has 140 heavy (non-hydrogen) atoms. The van der Waals surface area contributed by atoms with E-state index in [1.54, 1.807) is 33.3 Å². The Morgan fingerprint density at radius 2 is 0.721 bits per heavy atom. The first-order chi connectivity index (χ1) is 67.7. The van der Waals surface area contributed by atoms with Crippen LogP contribution in [-0.2, 0) is 27.5 Å². The number of carboxylic acids is 1. The molecule has 31 heteroatoms. The number of para-hydroxylation sites is 3. The summed E-state index contributed by atoms with van der Waals surface area (Å²) in [5, 5.41) is 43.5. The smallest absolute Gasteiger partial charge is 0.323 e. The van der Waals surface area contributed by atoms with Gasteiger partial charge < -0.3 is 73.8 Å². The zero-order valence-corrected chi connectivity index (χ0v) is 82.8. The molecule has 4 aliphatic carbocycles. The summed E-state index contributed by atoms with van der Waals surface area (Å²) in [6.07, 6.45) is 14.7. The Kier molecular flexibility index (Phi) is 28.9. The number of hydrogen-bond donors (Lipinski definition) is 4. The number of carboxylic acid groups (broad SMARTS) is 1. The van der Waals surface area contributed by atoms with Gasteiger partial charge in [0.15, 0.2) is 46.0 Å². The van der Waals surface area contributed by atoms with E-state index in [-0.39, 0.29) is 48.7 Å². The molecule has 6 saturated heterocycles. The number of halogens is 7. The molecule has 738 valence electrons. The normalized spacial score (nSPS) is 20.1. The van der Waals surface area contributed by atoms with E-state index in [2.05, 4.69) is 123 Å². The first-order valence-corrected chi connectivity index (χ1v) is 51.0. The van der Waals surface area contributed by atoms with Gasteiger partial charge in [0.05, 0.1) is 77.3 Å². The van der Waals surface area contributed by atoms with Crippen LogP contribution in [0.1, 0.15) is 210 Å². The fourth-order valence-electron chi connectivity index (χ4n) is 21.8.